The number of amides is 2. The minimum Gasteiger partial charge on any atom is -0.451 e. The minimum absolute atomic E-state index is 0.0124. The zero-order chi connectivity index (χ0) is 17.1. The molecule has 1 fully saturated rings. The van der Waals surface area contributed by atoms with E-state index in [1.54, 1.807) is 37.4 Å². The van der Waals surface area contributed by atoms with Gasteiger partial charge in [0.05, 0.1) is 12.6 Å². The van der Waals surface area contributed by atoms with Crippen LogP contribution in [0, 0.1) is 0 Å². The lowest BCUT2D eigenvalue weighted by atomic mass is 10.1. The van der Waals surface area contributed by atoms with Crippen molar-refractivity contribution in [2.75, 3.05) is 20.3 Å². The van der Waals surface area contributed by atoms with Gasteiger partial charge in [0.1, 0.15) is 5.76 Å². The van der Waals surface area contributed by atoms with Crippen LogP contribution < -0.4 is 5.73 Å². The summed E-state index contributed by atoms with van der Waals surface area (Å²) in [7, 11) is 1.65. The van der Waals surface area contributed by atoms with Gasteiger partial charge < -0.3 is 19.8 Å². The molecule has 0 spiro atoms. The van der Waals surface area contributed by atoms with E-state index in [1.165, 1.54) is 6.07 Å². The topological polar surface area (TPSA) is 85.8 Å². The van der Waals surface area contributed by atoms with E-state index < -0.39 is 5.91 Å². The van der Waals surface area contributed by atoms with Gasteiger partial charge in [-0.1, -0.05) is 12.1 Å². The van der Waals surface area contributed by atoms with Gasteiger partial charge in [0, 0.05) is 24.8 Å². The molecule has 0 unspecified atom stereocenters. The summed E-state index contributed by atoms with van der Waals surface area (Å²) in [6.45, 7) is 1.32. The number of rotatable bonds is 5. The maximum Gasteiger partial charge on any atom is 0.284 e. The summed E-state index contributed by atoms with van der Waals surface area (Å²) in [6.07, 6.45) is 1.97. The highest BCUT2D eigenvalue weighted by molar-refractivity contribution is 5.95. The summed E-state index contributed by atoms with van der Waals surface area (Å²) in [5.41, 5.74) is 6.60. The monoisotopic (exact) mass is 328 g/mol. The molecule has 1 aliphatic heterocycles. The highest BCUT2D eigenvalue weighted by Gasteiger charge is 2.29. The molecule has 24 heavy (non-hydrogen) atoms. The number of primary amides is 1. The molecule has 2 amide bonds. The molecule has 1 saturated heterocycles. The Morgan fingerprint density at radius 1 is 1.25 bits per heavy atom. The SMILES string of the molecule is COC[C@@H]1CCCN1C(=O)c1ccc(-c2ccc(C(N)=O)o2)cc1. The molecule has 1 atom stereocenters. The standard InChI is InChI=1S/C18H20N2O4/c1-23-11-14-3-2-10-20(14)18(22)13-6-4-12(5-7-13)15-8-9-16(24-15)17(19)21/h4-9,14H,2-3,10-11H2,1H3,(H2,19,21)/t14-/m0/s1. The van der Waals surface area contributed by atoms with Crippen molar-refractivity contribution in [3.63, 3.8) is 0 Å². The van der Waals surface area contributed by atoms with Crippen LogP contribution in [0.3, 0.4) is 0 Å². The van der Waals surface area contributed by atoms with E-state index in [2.05, 4.69) is 0 Å². The van der Waals surface area contributed by atoms with Gasteiger partial charge in [0.15, 0.2) is 5.76 Å². The van der Waals surface area contributed by atoms with Crippen molar-refractivity contribution < 1.29 is 18.7 Å². The zero-order valence-corrected chi connectivity index (χ0v) is 13.5. The van der Waals surface area contributed by atoms with Crippen LogP contribution in [0.5, 0.6) is 0 Å². The third-order valence-corrected chi connectivity index (χ3v) is 4.26. The van der Waals surface area contributed by atoms with E-state index in [4.69, 9.17) is 14.9 Å². The molecule has 126 valence electrons. The Labute approximate surface area is 140 Å². The van der Waals surface area contributed by atoms with E-state index in [0.717, 1.165) is 24.9 Å². The number of benzene rings is 1. The van der Waals surface area contributed by atoms with Crippen LogP contribution in [0.1, 0.15) is 33.8 Å². The number of hydrogen-bond donors (Lipinski definition) is 1. The molecular weight excluding hydrogens is 308 g/mol. The molecule has 0 bridgehead atoms. The Bertz CT molecular complexity index is 736. The number of furan rings is 1. The predicted molar refractivity (Wildman–Crippen MR) is 88.6 cm³/mol. The third-order valence-electron chi connectivity index (χ3n) is 4.26. The van der Waals surface area contributed by atoms with Crippen LogP contribution in [0.25, 0.3) is 11.3 Å². The third kappa shape index (κ3) is 3.19. The molecule has 6 heteroatoms. The average molecular weight is 328 g/mol. The number of likely N-dealkylation sites (tertiary alicyclic amines) is 1. The van der Waals surface area contributed by atoms with Crippen LogP contribution in [0.4, 0.5) is 0 Å². The molecule has 1 aliphatic rings. The zero-order valence-electron chi connectivity index (χ0n) is 13.5. The Balaban J connectivity index is 1.76. The Morgan fingerprint density at radius 2 is 2.00 bits per heavy atom. The second-order valence-electron chi connectivity index (χ2n) is 5.86. The Morgan fingerprint density at radius 3 is 2.62 bits per heavy atom. The molecule has 0 aliphatic carbocycles. The lowest BCUT2D eigenvalue weighted by Crippen LogP contribution is -2.38. The van der Waals surface area contributed by atoms with Gasteiger partial charge in [-0.3, -0.25) is 9.59 Å². The normalized spacial score (nSPS) is 17.2. The first kappa shape index (κ1) is 16.3. The van der Waals surface area contributed by atoms with E-state index in [9.17, 15) is 9.59 Å². The van der Waals surface area contributed by atoms with Crippen LogP contribution in [-0.2, 0) is 4.74 Å². The van der Waals surface area contributed by atoms with Crippen molar-refractivity contribution in [3.8, 4) is 11.3 Å². The summed E-state index contributed by atoms with van der Waals surface area (Å²) in [6, 6.07) is 10.5. The first-order valence-corrected chi connectivity index (χ1v) is 7.90. The highest BCUT2D eigenvalue weighted by atomic mass is 16.5. The molecule has 2 aromatic rings. The molecule has 3 rings (SSSR count). The van der Waals surface area contributed by atoms with Gasteiger partial charge in [-0.15, -0.1) is 0 Å². The summed E-state index contributed by atoms with van der Waals surface area (Å²) in [4.78, 5) is 25.6. The molecular formula is C18H20N2O4. The molecule has 0 saturated carbocycles. The molecule has 1 aromatic carbocycles. The fraction of sp³-hybridized carbons (Fsp3) is 0.333. The van der Waals surface area contributed by atoms with E-state index in [0.29, 0.717) is 17.9 Å². The molecule has 2 heterocycles. The van der Waals surface area contributed by atoms with Crippen LogP contribution in [0.2, 0.25) is 0 Å². The van der Waals surface area contributed by atoms with Crippen molar-refractivity contribution in [1.82, 2.24) is 4.90 Å². The summed E-state index contributed by atoms with van der Waals surface area (Å²) in [5.74, 6) is 0.0653. The quantitative estimate of drug-likeness (QED) is 0.912. The minimum atomic E-state index is -0.605. The van der Waals surface area contributed by atoms with Gasteiger partial charge in [-0.25, -0.2) is 0 Å². The number of nitrogens with zero attached hydrogens (tertiary/aromatic N) is 1. The average Bonchev–Trinajstić information content (AvgIpc) is 3.24. The van der Waals surface area contributed by atoms with Gasteiger partial charge in [-0.05, 0) is 37.1 Å². The molecule has 2 N–H and O–H groups in total. The van der Waals surface area contributed by atoms with Crippen LogP contribution in [0.15, 0.2) is 40.8 Å². The predicted octanol–water partition coefficient (Wildman–Crippen LogP) is 2.30. The lowest BCUT2D eigenvalue weighted by Gasteiger charge is -2.24. The fourth-order valence-corrected chi connectivity index (χ4v) is 3.04. The van der Waals surface area contributed by atoms with Crippen LogP contribution >= 0.6 is 0 Å². The second-order valence-corrected chi connectivity index (χ2v) is 5.86. The maximum absolute atomic E-state index is 12.7. The number of ether oxygens (including phenoxy) is 1. The first-order chi connectivity index (χ1) is 11.6. The lowest BCUT2D eigenvalue weighted by molar-refractivity contribution is 0.0630. The largest absolute Gasteiger partial charge is 0.451 e. The molecule has 6 nitrogen and oxygen atoms in total. The number of carbonyl (C=O) groups is 2. The van der Waals surface area contributed by atoms with Gasteiger partial charge >= 0.3 is 0 Å². The number of carbonyl (C=O) groups excluding carboxylic acids is 2. The van der Waals surface area contributed by atoms with Crippen molar-refractivity contribution in [2.45, 2.75) is 18.9 Å². The Hall–Kier alpha value is -2.60. The van der Waals surface area contributed by atoms with Crippen molar-refractivity contribution in [2.24, 2.45) is 5.73 Å². The second kappa shape index (κ2) is 6.88. The van der Waals surface area contributed by atoms with Crippen molar-refractivity contribution >= 4 is 11.8 Å². The summed E-state index contributed by atoms with van der Waals surface area (Å²) >= 11 is 0. The van der Waals surface area contributed by atoms with E-state index in [-0.39, 0.29) is 17.7 Å². The van der Waals surface area contributed by atoms with Crippen molar-refractivity contribution in [1.29, 1.82) is 0 Å². The van der Waals surface area contributed by atoms with E-state index in [1.807, 2.05) is 4.90 Å². The van der Waals surface area contributed by atoms with Gasteiger partial charge in [0.2, 0.25) is 0 Å². The van der Waals surface area contributed by atoms with Crippen molar-refractivity contribution in [3.05, 3.63) is 47.7 Å². The molecule has 1 aromatic heterocycles. The smallest absolute Gasteiger partial charge is 0.284 e. The van der Waals surface area contributed by atoms with Gasteiger partial charge in [0.25, 0.3) is 11.8 Å². The first-order valence-electron chi connectivity index (χ1n) is 7.90. The highest BCUT2D eigenvalue weighted by Crippen LogP contribution is 2.24. The summed E-state index contributed by atoms with van der Waals surface area (Å²) in [5, 5.41) is 0. The number of hydrogen-bond acceptors (Lipinski definition) is 4. The fourth-order valence-electron chi connectivity index (χ4n) is 3.04. The molecule has 0 radical (unpaired) electrons. The number of methoxy groups -OCH3 is 1. The maximum atomic E-state index is 12.7. The van der Waals surface area contributed by atoms with Gasteiger partial charge in [-0.2, -0.15) is 0 Å². The summed E-state index contributed by atoms with van der Waals surface area (Å²) < 4.78 is 10.6. The Kier molecular flexibility index (Phi) is 4.66. The van der Waals surface area contributed by atoms with E-state index >= 15 is 0 Å². The number of nitrogens with two attached hydrogens (primary N) is 1. The van der Waals surface area contributed by atoms with Crippen LogP contribution in [-0.4, -0.2) is 43.0 Å².